The first-order valence-electron chi connectivity index (χ1n) is 11.8. The Morgan fingerprint density at radius 1 is 1.26 bits per heavy atom. The van der Waals surface area contributed by atoms with Crippen LogP contribution in [0.25, 0.3) is 33.5 Å². The second kappa shape index (κ2) is 7.96. The summed E-state index contributed by atoms with van der Waals surface area (Å²) in [4.78, 5) is 35.4. The van der Waals surface area contributed by atoms with Gasteiger partial charge in [-0.3, -0.25) is 4.79 Å². The molecule has 35 heavy (non-hydrogen) atoms. The van der Waals surface area contributed by atoms with Gasteiger partial charge in [-0.05, 0) is 45.2 Å². The number of pyridine rings is 1. The second-order valence-electron chi connectivity index (χ2n) is 9.75. The highest BCUT2D eigenvalue weighted by molar-refractivity contribution is 5.93. The highest BCUT2D eigenvalue weighted by atomic mass is 19.3. The number of anilines is 1. The van der Waals surface area contributed by atoms with Gasteiger partial charge in [0.15, 0.2) is 5.65 Å². The average Bonchev–Trinajstić information content (AvgIpc) is 3.49. The van der Waals surface area contributed by atoms with Crippen molar-refractivity contribution in [3.63, 3.8) is 0 Å². The van der Waals surface area contributed by atoms with Gasteiger partial charge in [0, 0.05) is 47.9 Å². The van der Waals surface area contributed by atoms with E-state index in [1.165, 1.54) is 4.57 Å². The highest BCUT2D eigenvalue weighted by Crippen LogP contribution is 2.41. The van der Waals surface area contributed by atoms with Crippen molar-refractivity contribution in [3.8, 4) is 11.3 Å². The number of amides is 1. The van der Waals surface area contributed by atoms with Crippen molar-refractivity contribution < 1.29 is 13.6 Å². The Bertz CT molecular complexity index is 1440. The van der Waals surface area contributed by atoms with Gasteiger partial charge in [0.1, 0.15) is 17.0 Å². The second-order valence-corrected chi connectivity index (χ2v) is 9.75. The van der Waals surface area contributed by atoms with Gasteiger partial charge in [0.05, 0.1) is 12.2 Å². The Morgan fingerprint density at radius 2 is 2.09 bits per heavy atom. The number of imidazole rings is 1. The van der Waals surface area contributed by atoms with Crippen molar-refractivity contribution in [1.29, 1.82) is 0 Å². The van der Waals surface area contributed by atoms with Gasteiger partial charge in [0.2, 0.25) is 11.9 Å². The standard InChI is InChI=1S/C24H26F2N8O/c1-13-29-18-6-5-17(31-22(18)33(13)12-19(25)26)15-10-27-21-16(15)11-28-23(32-21)30-14-8-24(2,9-14)34-7-3-4-20(34)35/h5-6,10-11,14,19H,3-4,7-9,12H2,1-2H3,(H2,27,28,30,32)/t14-,24-. The smallest absolute Gasteiger partial charge is 0.256 e. The first-order valence-corrected chi connectivity index (χ1v) is 11.8. The molecule has 182 valence electrons. The van der Waals surface area contributed by atoms with Crippen LogP contribution in [0.1, 0.15) is 38.4 Å². The van der Waals surface area contributed by atoms with E-state index >= 15 is 0 Å². The van der Waals surface area contributed by atoms with E-state index in [9.17, 15) is 13.6 Å². The van der Waals surface area contributed by atoms with Gasteiger partial charge in [0.25, 0.3) is 6.43 Å². The predicted octanol–water partition coefficient (Wildman–Crippen LogP) is 3.90. The lowest BCUT2D eigenvalue weighted by atomic mass is 9.73. The molecule has 1 aliphatic heterocycles. The zero-order valence-corrected chi connectivity index (χ0v) is 19.6. The summed E-state index contributed by atoms with van der Waals surface area (Å²) in [6, 6.07) is 3.83. The fourth-order valence-electron chi connectivity index (χ4n) is 5.54. The SMILES string of the molecule is Cc1nc2ccc(-c3c[nH]c4nc(N[C@H]5C[C@](C)(N6CCCC6=O)C5)ncc34)nc2n1CC(F)F. The Labute approximate surface area is 200 Å². The molecule has 2 N–H and O–H groups in total. The highest BCUT2D eigenvalue weighted by Gasteiger charge is 2.48. The fraction of sp³-hybridized carbons (Fsp3) is 0.458. The van der Waals surface area contributed by atoms with Crippen molar-refractivity contribution in [2.24, 2.45) is 0 Å². The number of carbonyl (C=O) groups excluding carboxylic acids is 1. The number of nitrogens with zero attached hydrogens (tertiary/aromatic N) is 6. The largest absolute Gasteiger partial charge is 0.351 e. The summed E-state index contributed by atoms with van der Waals surface area (Å²) in [5, 5.41) is 4.18. The molecule has 1 aliphatic carbocycles. The molecule has 2 aliphatic rings. The van der Waals surface area contributed by atoms with Crippen molar-refractivity contribution in [2.75, 3.05) is 11.9 Å². The molecule has 0 radical (unpaired) electrons. The van der Waals surface area contributed by atoms with Gasteiger partial charge in [-0.2, -0.15) is 4.98 Å². The van der Waals surface area contributed by atoms with Crippen LogP contribution in [-0.4, -0.2) is 64.8 Å². The summed E-state index contributed by atoms with van der Waals surface area (Å²) < 4.78 is 27.6. The number of hydrogen-bond donors (Lipinski definition) is 2. The van der Waals surface area contributed by atoms with E-state index in [0.29, 0.717) is 40.7 Å². The third-order valence-corrected chi connectivity index (χ3v) is 7.24. The van der Waals surface area contributed by atoms with E-state index in [1.807, 2.05) is 11.0 Å². The summed E-state index contributed by atoms with van der Waals surface area (Å²) in [7, 11) is 0. The molecule has 0 bridgehead atoms. The lowest BCUT2D eigenvalue weighted by Crippen LogP contribution is -2.59. The first kappa shape index (κ1) is 21.9. The third-order valence-electron chi connectivity index (χ3n) is 7.24. The molecular formula is C24H26F2N8O. The normalized spacial score (nSPS) is 22.5. The Kier molecular flexibility index (Phi) is 4.97. The lowest BCUT2D eigenvalue weighted by molar-refractivity contribution is -0.136. The quantitative estimate of drug-likeness (QED) is 0.434. The molecule has 5 heterocycles. The molecule has 9 nitrogen and oxygen atoms in total. The first-order chi connectivity index (χ1) is 16.8. The summed E-state index contributed by atoms with van der Waals surface area (Å²) in [5.74, 6) is 1.28. The molecule has 0 spiro atoms. The van der Waals surface area contributed by atoms with Gasteiger partial charge in [-0.1, -0.05) is 0 Å². The molecule has 4 aromatic heterocycles. The number of aromatic nitrogens is 6. The van der Waals surface area contributed by atoms with E-state index in [0.717, 1.165) is 36.8 Å². The molecule has 1 saturated heterocycles. The van der Waals surface area contributed by atoms with Crippen LogP contribution >= 0.6 is 0 Å². The number of halogens is 2. The number of alkyl halides is 2. The molecule has 1 amide bonds. The van der Waals surface area contributed by atoms with Crippen LogP contribution < -0.4 is 5.32 Å². The summed E-state index contributed by atoms with van der Waals surface area (Å²) in [5.41, 5.74) is 3.01. The molecule has 0 unspecified atom stereocenters. The fourth-order valence-corrected chi connectivity index (χ4v) is 5.54. The van der Waals surface area contributed by atoms with Crippen LogP contribution in [0.5, 0.6) is 0 Å². The van der Waals surface area contributed by atoms with Crippen LogP contribution in [0.2, 0.25) is 0 Å². The minimum atomic E-state index is -2.49. The van der Waals surface area contributed by atoms with E-state index < -0.39 is 13.0 Å². The van der Waals surface area contributed by atoms with Crippen molar-refractivity contribution >= 4 is 34.1 Å². The number of aromatic amines is 1. The third kappa shape index (κ3) is 3.69. The van der Waals surface area contributed by atoms with Crippen LogP contribution in [0.3, 0.4) is 0 Å². The van der Waals surface area contributed by atoms with E-state index in [-0.39, 0.29) is 17.5 Å². The number of likely N-dealkylation sites (tertiary alicyclic amines) is 1. The van der Waals surface area contributed by atoms with Crippen molar-refractivity contribution in [2.45, 2.75) is 64.1 Å². The zero-order valence-electron chi connectivity index (χ0n) is 19.6. The van der Waals surface area contributed by atoms with Gasteiger partial charge in [-0.15, -0.1) is 0 Å². The monoisotopic (exact) mass is 480 g/mol. The van der Waals surface area contributed by atoms with Gasteiger partial charge < -0.3 is 19.8 Å². The number of nitrogens with one attached hydrogen (secondary N) is 2. The van der Waals surface area contributed by atoms with Crippen LogP contribution in [-0.2, 0) is 11.3 Å². The van der Waals surface area contributed by atoms with E-state index in [1.54, 1.807) is 25.4 Å². The zero-order chi connectivity index (χ0) is 24.3. The Balaban J connectivity index is 1.22. The van der Waals surface area contributed by atoms with Crippen LogP contribution in [0, 0.1) is 6.92 Å². The molecular weight excluding hydrogens is 454 g/mol. The predicted molar refractivity (Wildman–Crippen MR) is 127 cm³/mol. The van der Waals surface area contributed by atoms with Gasteiger partial charge >= 0.3 is 0 Å². The summed E-state index contributed by atoms with van der Waals surface area (Å²) >= 11 is 0. The topological polar surface area (TPSA) is 105 Å². The number of hydrogen-bond acceptors (Lipinski definition) is 6. The van der Waals surface area contributed by atoms with E-state index in [4.69, 9.17) is 0 Å². The number of H-pyrrole nitrogens is 1. The molecule has 4 aromatic rings. The molecule has 1 saturated carbocycles. The maximum absolute atomic E-state index is 13.1. The van der Waals surface area contributed by atoms with Crippen molar-refractivity contribution in [3.05, 3.63) is 30.4 Å². The number of fused-ring (bicyclic) bond motifs is 2. The van der Waals surface area contributed by atoms with Crippen LogP contribution in [0.15, 0.2) is 24.5 Å². The minimum absolute atomic E-state index is 0.0888. The number of rotatable bonds is 6. The molecule has 0 atom stereocenters. The number of carbonyl (C=O) groups is 1. The maximum Gasteiger partial charge on any atom is 0.256 e. The summed E-state index contributed by atoms with van der Waals surface area (Å²) in [6.07, 6.45) is 4.38. The Morgan fingerprint density at radius 3 is 2.83 bits per heavy atom. The molecule has 2 fully saturated rings. The minimum Gasteiger partial charge on any atom is -0.351 e. The Hall–Kier alpha value is -3.63. The lowest BCUT2D eigenvalue weighted by Gasteiger charge is -2.51. The molecule has 6 rings (SSSR count). The average molecular weight is 481 g/mol. The van der Waals surface area contributed by atoms with E-state index in [2.05, 4.69) is 37.2 Å². The molecule has 11 heteroatoms. The summed E-state index contributed by atoms with van der Waals surface area (Å²) in [6.45, 7) is 4.24. The van der Waals surface area contributed by atoms with Gasteiger partial charge in [-0.25, -0.2) is 23.7 Å². The van der Waals surface area contributed by atoms with Crippen molar-refractivity contribution in [1.82, 2.24) is 34.4 Å². The number of aryl methyl sites for hydroxylation is 1. The molecule has 0 aromatic carbocycles. The maximum atomic E-state index is 13.1. The van der Waals surface area contributed by atoms with Crippen LogP contribution in [0.4, 0.5) is 14.7 Å².